The number of rotatable bonds is 5. The molecule has 0 N–H and O–H groups in total. The van der Waals surface area contributed by atoms with E-state index >= 15 is 0 Å². The largest absolute Gasteiger partial charge is 0.573 e. The third-order valence-electron chi connectivity index (χ3n) is 5.20. The number of aromatic nitrogens is 3. The second kappa shape index (κ2) is 9.02. The lowest BCUT2D eigenvalue weighted by Gasteiger charge is -2.34. The van der Waals surface area contributed by atoms with Crippen LogP contribution in [0.1, 0.15) is 0 Å². The first-order chi connectivity index (χ1) is 16.0. The van der Waals surface area contributed by atoms with Crippen LogP contribution in [0, 0.1) is 0 Å². The van der Waals surface area contributed by atoms with Gasteiger partial charge in [-0.25, -0.2) is 13.1 Å². The number of carbonyl (C=O) groups is 1. The van der Waals surface area contributed by atoms with Crippen molar-refractivity contribution in [3.63, 3.8) is 0 Å². The number of sulfonamides is 1. The Labute approximate surface area is 191 Å². The summed E-state index contributed by atoms with van der Waals surface area (Å²) in [7, 11) is -3.98. The smallest absolute Gasteiger partial charge is 0.406 e. The van der Waals surface area contributed by atoms with Gasteiger partial charge in [0.1, 0.15) is 17.8 Å². The van der Waals surface area contributed by atoms with Gasteiger partial charge in [0.2, 0.25) is 15.9 Å². The lowest BCUT2D eigenvalue weighted by atomic mass is 10.2. The molecule has 1 amide bonds. The summed E-state index contributed by atoms with van der Waals surface area (Å²) in [6.07, 6.45) is -4.88. The number of halogens is 3. The maximum absolute atomic E-state index is 12.8. The highest BCUT2D eigenvalue weighted by molar-refractivity contribution is 7.89. The van der Waals surface area contributed by atoms with Gasteiger partial charge >= 0.3 is 6.36 Å². The van der Waals surface area contributed by atoms with Crippen LogP contribution in [0.5, 0.6) is 5.75 Å². The van der Waals surface area contributed by atoms with E-state index in [1.165, 1.54) is 4.90 Å². The second-order valence-electron chi connectivity index (χ2n) is 7.37. The monoisotopic (exact) mass is 497 g/mol. The standard InChI is InChI=1S/C20H18F3N5O5S/c21-20(22,23)33-14-5-7-15(8-6-14)34(31,32)27-11-9-26(10-12-27)18(29)13-28-19(30)16-3-1-2-4-17(16)24-25-28/h1-8H,9-13H2. The number of amides is 1. The molecule has 14 heteroatoms. The summed E-state index contributed by atoms with van der Waals surface area (Å²) in [5.41, 5.74) is -0.0499. The average Bonchev–Trinajstić information content (AvgIpc) is 2.80. The molecular formula is C20H18F3N5O5S. The third-order valence-corrected chi connectivity index (χ3v) is 7.11. The Balaban J connectivity index is 1.39. The molecule has 0 radical (unpaired) electrons. The summed E-state index contributed by atoms with van der Waals surface area (Å²) < 4.78 is 68.3. The zero-order valence-corrected chi connectivity index (χ0v) is 18.3. The van der Waals surface area contributed by atoms with Crippen molar-refractivity contribution in [2.75, 3.05) is 26.2 Å². The zero-order chi connectivity index (χ0) is 24.5. The molecule has 34 heavy (non-hydrogen) atoms. The summed E-state index contributed by atoms with van der Waals surface area (Å²) in [6.45, 7) is -0.239. The molecule has 0 aliphatic carbocycles. The number of hydrogen-bond donors (Lipinski definition) is 0. The Morgan fingerprint density at radius 3 is 2.29 bits per heavy atom. The van der Waals surface area contributed by atoms with Crippen LogP contribution in [-0.4, -0.2) is 71.1 Å². The van der Waals surface area contributed by atoms with E-state index in [0.717, 1.165) is 33.3 Å². The minimum absolute atomic E-state index is 0.0207. The first-order valence-electron chi connectivity index (χ1n) is 10.0. The van der Waals surface area contributed by atoms with Crippen LogP contribution in [0.15, 0.2) is 58.2 Å². The Hall–Kier alpha value is -3.52. The highest BCUT2D eigenvalue weighted by Gasteiger charge is 2.33. The van der Waals surface area contributed by atoms with E-state index in [2.05, 4.69) is 15.0 Å². The predicted molar refractivity (Wildman–Crippen MR) is 112 cm³/mol. The number of nitrogens with zero attached hydrogens (tertiary/aromatic N) is 5. The SMILES string of the molecule is O=C(Cn1nnc2ccccc2c1=O)N1CCN(S(=O)(=O)c2ccc(OC(F)(F)F)cc2)CC1. The van der Waals surface area contributed by atoms with Gasteiger partial charge in [0, 0.05) is 26.2 Å². The van der Waals surface area contributed by atoms with Gasteiger partial charge in [-0.1, -0.05) is 17.3 Å². The molecule has 1 fully saturated rings. The molecule has 3 aromatic rings. The van der Waals surface area contributed by atoms with E-state index < -0.39 is 33.6 Å². The van der Waals surface area contributed by atoms with Gasteiger partial charge in [-0.15, -0.1) is 18.3 Å². The summed E-state index contributed by atoms with van der Waals surface area (Å²) in [5, 5.41) is 8.04. The van der Waals surface area contributed by atoms with Gasteiger partial charge in [-0.2, -0.15) is 4.31 Å². The quantitative estimate of drug-likeness (QED) is 0.521. The fourth-order valence-electron chi connectivity index (χ4n) is 3.50. The molecule has 0 saturated carbocycles. The molecule has 180 valence electrons. The van der Waals surface area contributed by atoms with Crippen molar-refractivity contribution in [3.8, 4) is 5.75 Å². The molecule has 1 saturated heterocycles. The van der Waals surface area contributed by atoms with Gasteiger partial charge < -0.3 is 9.64 Å². The fraction of sp³-hybridized carbons (Fsp3) is 0.300. The highest BCUT2D eigenvalue weighted by Crippen LogP contribution is 2.25. The second-order valence-corrected chi connectivity index (χ2v) is 9.31. The van der Waals surface area contributed by atoms with Crippen molar-refractivity contribution in [1.29, 1.82) is 0 Å². The van der Waals surface area contributed by atoms with Crippen molar-refractivity contribution < 1.29 is 31.1 Å². The summed E-state index contributed by atoms with van der Waals surface area (Å²) >= 11 is 0. The minimum Gasteiger partial charge on any atom is -0.406 e. The zero-order valence-electron chi connectivity index (χ0n) is 17.5. The van der Waals surface area contributed by atoms with E-state index in [-0.39, 0.29) is 37.6 Å². The van der Waals surface area contributed by atoms with Gasteiger partial charge in [0.05, 0.1) is 10.3 Å². The first kappa shape index (κ1) is 23.6. The van der Waals surface area contributed by atoms with Gasteiger partial charge in [-0.05, 0) is 36.4 Å². The topological polar surface area (TPSA) is 115 Å². The summed E-state index contributed by atoms with van der Waals surface area (Å²) in [4.78, 5) is 26.4. The Morgan fingerprint density at radius 1 is 1.00 bits per heavy atom. The van der Waals surface area contributed by atoms with E-state index in [1.807, 2.05) is 0 Å². The number of fused-ring (bicyclic) bond motifs is 1. The molecule has 2 heterocycles. The molecule has 1 aliphatic heterocycles. The average molecular weight is 497 g/mol. The normalized spacial score (nSPS) is 15.4. The lowest BCUT2D eigenvalue weighted by molar-refractivity contribution is -0.274. The molecular weight excluding hydrogens is 479 g/mol. The minimum atomic E-state index is -4.88. The van der Waals surface area contributed by atoms with Crippen molar-refractivity contribution in [2.24, 2.45) is 0 Å². The molecule has 1 aliphatic rings. The van der Waals surface area contributed by atoms with E-state index in [4.69, 9.17) is 0 Å². The van der Waals surface area contributed by atoms with E-state index in [1.54, 1.807) is 24.3 Å². The van der Waals surface area contributed by atoms with Crippen LogP contribution in [0.4, 0.5) is 13.2 Å². The number of alkyl halides is 3. The Kier molecular flexibility index (Phi) is 6.27. The van der Waals surface area contributed by atoms with E-state index in [9.17, 15) is 31.2 Å². The molecule has 0 unspecified atom stereocenters. The third kappa shape index (κ3) is 5.02. The van der Waals surface area contributed by atoms with Crippen LogP contribution < -0.4 is 10.3 Å². The summed E-state index contributed by atoms with van der Waals surface area (Å²) in [6, 6.07) is 10.5. The number of piperazine rings is 1. The molecule has 10 nitrogen and oxygen atoms in total. The molecule has 1 aromatic heterocycles. The number of carbonyl (C=O) groups excluding carboxylic acids is 1. The molecule has 0 bridgehead atoms. The van der Waals surface area contributed by atoms with Crippen LogP contribution in [0.25, 0.3) is 10.9 Å². The van der Waals surface area contributed by atoms with Crippen molar-refractivity contribution in [2.45, 2.75) is 17.8 Å². The summed E-state index contributed by atoms with van der Waals surface area (Å²) in [5.74, 6) is -0.953. The maximum atomic E-state index is 12.8. The van der Waals surface area contributed by atoms with Crippen molar-refractivity contribution in [3.05, 3.63) is 58.9 Å². The van der Waals surface area contributed by atoms with Gasteiger partial charge in [0.15, 0.2) is 0 Å². The molecule has 0 spiro atoms. The number of benzene rings is 2. The predicted octanol–water partition coefficient (Wildman–Crippen LogP) is 1.22. The maximum Gasteiger partial charge on any atom is 0.573 e. The van der Waals surface area contributed by atoms with Crippen molar-refractivity contribution in [1.82, 2.24) is 24.2 Å². The molecule has 0 atom stereocenters. The number of ether oxygens (including phenoxy) is 1. The van der Waals surface area contributed by atoms with Gasteiger partial charge in [0.25, 0.3) is 5.56 Å². The lowest BCUT2D eigenvalue weighted by Crippen LogP contribution is -2.51. The van der Waals surface area contributed by atoms with Crippen LogP contribution >= 0.6 is 0 Å². The van der Waals surface area contributed by atoms with Gasteiger partial charge in [-0.3, -0.25) is 9.59 Å². The molecule has 4 rings (SSSR count). The van der Waals surface area contributed by atoms with Crippen molar-refractivity contribution >= 4 is 26.8 Å². The Bertz CT molecular complexity index is 1370. The Morgan fingerprint density at radius 2 is 1.65 bits per heavy atom. The molecule has 2 aromatic carbocycles. The highest BCUT2D eigenvalue weighted by atomic mass is 32.2. The van der Waals surface area contributed by atoms with Crippen LogP contribution in [-0.2, 0) is 21.4 Å². The number of hydrogen-bond acceptors (Lipinski definition) is 7. The van der Waals surface area contributed by atoms with E-state index in [0.29, 0.717) is 10.9 Å². The fourth-order valence-corrected chi connectivity index (χ4v) is 4.92. The first-order valence-corrected chi connectivity index (χ1v) is 11.4. The van der Waals surface area contributed by atoms with Crippen LogP contribution in [0.2, 0.25) is 0 Å². The van der Waals surface area contributed by atoms with Crippen LogP contribution in [0.3, 0.4) is 0 Å².